The Bertz CT molecular complexity index is 524. The van der Waals surface area contributed by atoms with Gasteiger partial charge in [0.1, 0.15) is 5.82 Å². The summed E-state index contributed by atoms with van der Waals surface area (Å²) in [4.78, 5) is 0. The Balaban J connectivity index is 2.00. The number of halogens is 1. The summed E-state index contributed by atoms with van der Waals surface area (Å²) in [7, 11) is 0. The highest BCUT2D eigenvalue weighted by Gasteiger charge is 2.12. The average molecular weight is 285 g/mol. The third-order valence-corrected chi connectivity index (χ3v) is 3.81. The predicted octanol–water partition coefficient (Wildman–Crippen LogP) is 4.54. The molecule has 0 aliphatic carbocycles. The van der Waals surface area contributed by atoms with Gasteiger partial charge in [0, 0.05) is 6.54 Å². The summed E-state index contributed by atoms with van der Waals surface area (Å²) in [6.45, 7) is 4.15. The summed E-state index contributed by atoms with van der Waals surface area (Å²) in [5, 5.41) is 3.49. The van der Waals surface area contributed by atoms with Gasteiger partial charge in [0.25, 0.3) is 0 Å². The van der Waals surface area contributed by atoms with Crippen LogP contribution in [0.25, 0.3) is 0 Å². The van der Waals surface area contributed by atoms with Crippen molar-refractivity contribution in [3.8, 4) is 0 Å². The fraction of sp³-hybridized carbons (Fsp3) is 0.368. The summed E-state index contributed by atoms with van der Waals surface area (Å²) in [6.07, 6.45) is 2.87. The van der Waals surface area contributed by atoms with Crippen molar-refractivity contribution in [2.75, 3.05) is 13.1 Å². The molecule has 0 aliphatic rings. The zero-order valence-electron chi connectivity index (χ0n) is 12.7. The Morgan fingerprint density at radius 3 is 2.43 bits per heavy atom. The minimum atomic E-state index is -0.0918. The quantitative estimate of drug-likeness (QED) is 0.702. The number of benzene rings is 2. The van der Waals surface area contributed by atoms with Gasteiger partial charge in [-0.15, -0.1) is 0 Å². The molecule has 2 aromatic rings. The van der Waals surface area contributed by atoms with Gasteiger partial charge in [-0.1, -0.05) is 55.5 Å². The van der Waals surface area contributed by atoms with Gasteiger partial charge in [-0.25, -0.2) is 4.39 Å². The second-order valence-corrected chi connectivity index (χ2v) is 5.44. The SMILES string of the molecule is CCCNCC(CCc1ccccc1F)c1ccccc1. The van der Waals surface area contributed by atoms with Crippen molar-refractivity contribution in [2.45, 2.75) is 32.1 Å². The fourth-order valence-corrected chi connectivity index (χ4v) is 2.60. The van der Waals surface area contributed by atoms with Crippen LogP contribution in [-0.2, 0) is 6.42 Å². The molecule has 21 heavy (non-hydrogen) atoms. The third-order valence-electron chi connectivity index (χ3n) is 3.81. The Hall–Kier alpha value is -1.67. The van der Waals surface area contributed by atoms with Gasteiger partial charge in [-0.3, -0.25) is 0 Å². The lowest BCUT2D eigenvalue weighted by atomic mass is 9.92. The number of hydrogen-bond acceptors (Lipinski definition) is 1. The Kier molecular flexibility index (Phi) is 6.42. The van der Waals surface area contributed by atoms with Crippen LogP contribution in [0.5, 0.6) is 0 Å². The van der Waals surface area contributed by atoms with Gasteiger partial charge in [0.2, 0.25) is 0 Å². The van der Waals surface area contributed by atoms with Gasteiger partial charge in [-0.05, 0) is 48.9 Å². The fourth-order valence-electron chi connectivity index (χ4n) is 2.60. The largest absolute Gasteiger partial charge is 0.316 e. The maximum atomic E-state index is 13.7. The molecule has 0 saturated heterocycles. The lowest BCUT2D eigenvalue weighted by Gasteiger charge is -2.18. The van der Waals surface area contributed by atoms with E-state index >= 15 is 0 Å². The molecule has 0 saturated carbocycles. The molecule has 2 heteroatoms. The molecule has 0 spiro atoms. The average Bonchev–Trinajstić information content (AvgIpc) is 2.53. The molecule has 1 nitrogen and oxygen atoms in total. The van der Waals surface area contributed by atoms with Crippen LogP contribution in [0.1, 0.15) is 36.8 Å². The standard InChI is InChI=1S/C19H24FN/c1-2-14-21-15-18(16-8-4-3-5-9-16)13-12-17-10-6-7-11-19(17)20/h3-11,18,21H,2,12-15H2,1H3. The number of hydrogen-bond donors (Lipinski definition) is 1. The van der Waals surface area contributed by atoms with E-state index in [9.17, 15) is 4.39 Å². The van der Waals surface area contributed by atoms with Crippen LogP contribution in [0.3, 0.4) is 0 Å². The van der Waals surface area contributed by atoms with E-state index in [1.165, 1.54) is 5.56 Å². The van der Waals surface area contributed by atoms with Crippen molar-refractivity contribution < 1.29 is 4.39 Å². The van der Waals surface area contributed by atoms with E-state index in [0.717, 1.165) is 37.9 Å². The number of nitrogens with one attached hydrogen (secondary N) is 1. The summed E-state index contributed by atoms with van der Waals surface area (Å²) in [5.74, 6) is 0.336. The topological polar surface area (TPSA) is 12.0 Å². The van der Waals surface area contributed by atoms with Gasteiger partial charge in [0.05, 0.1) is 0 Å². The van der Waals surface area contributed by atoms with Crippen molar-refractivity contribution in [3.63, 3.8) is 0 Å². The summed E-state index contributed by atoms with van der Waals surface area (Å²) in [6, 6.07) is 17.6. The van der Waals surface area contributed by atoms with Gasteiger partial charge in [-0.2, -0.15) is 0 Å². The minimum absolute atomic E-state index is 0.0918. The monoisotopic (exact) mass is 285 g/mol. The molecule has 2 aromatic carbocycles. The summed E-state index contributed by atoms with van der Waals surface area (Å²) >= 11 is 0. The lowest BCUT2D eigenvalue weighted by molar-refractivity contribution is 0.537. The van der Waals surface area contributed by atoms with Crippen LogP contribution >= 0.6 is 0 Å². The zero-order valence-corrected chi connectivity index (χ0v) is 12.7. The summed E-state index contributed by atoms with van der Waals surface area (Å²) < 4.78 is 13.7. The van der Waals surface area contributed by atoms with Crippen LogP contribution in [0.4, 0.5) is 4.39 Å². The van der Waals surface area contributed by atoms with Crippen LogP contribution in [0, 0.1) is 5.82 Å². The first kappa shape index (κ1) is 15.7. The van der Waals surface area contributed by atoms with Crippen molar-refractivity contribution in [3.05, 3.63) is 71.5 Å². The smallest absolute Gasteiger partial charge is 0.126 e. The van der Waals surface area contributed by atoms with Crippen LogP contribution in [0.15, 0.2) is 54.6 Å². The van der Waals surface area contributed by atoms with Gasteiger partial charge >= 0.3 is 0 Å². The first-order valence-electron chi connectivity index (χ1n) is 7.80. The van der Waals surface area contributed by atoms with Crippen LogP contribution < -0.4 is 5.32 Å². The van der Waals surface area contributed by atoms with Crippen molar-refractivity contribution in [2.24, 2.45) is 0 Å². The molecule has 0 amide bonds. The van der Waals surface area contributed by atoms with E-state index in [4.69, 9.17) is 0 Å². The highest BCUT2D eigenvalue weighted by molar-refractivity contribution is 5.22. The zero-order chi connectivity index (χ0) is 14.9. The van der Waals surface area contributed by atoms with E-state index < -0.39 is 0 Å². The Morgan fingerprint density at radius 1 is 1.00 bits per heavy atom. The highest BCUT2D eigenvalue weighted by atomic mass is 19.1. The van der Waals surface area contributed by atoms with Gasteiger partial charge in [0.15, 0.2) is 0 Å². The molecule has 112 valence electrons. The molecule has 0 bridgehead atoms. The molecule has 0 aliphatic heterocycles. The Labute approximate surface area is 127 Å². The number of aryl methyl sites for hydroxylation is 1. The molecule has 1 atom stereocenters. The molecular weight excluding hydrogens is 261 g/mol. The molecule has 0 fully saturated rings. The second-order valence-electron chi connectivity index (χ2n) is 5.44. The lowest BCUT2D eigenvalue weighted by Crippen LogP contribution is -2.22. The van der Waals surface area contributed by atoms with Crippen molar-refractivity contribution >= 4 is 0 Å². The molecule has 0 aromatic heterocycles. The molecule has 0 heterocycles. The van der Waals surface area contributed by atoms with Crippen molar-refractivity contribution in [1.82, 2.24) is 5.32 Å². The minimum Gasteiger partial charge on any atom is -0.316 e. The summed E-state index contributed by atoms with van der Waals surface area (Å²) in [5.41, 5.74) is 2.14. The third kappa shape index (κ3) is 4.98. The predicted molar refractivity (Wildman–Crippen MR) is 87.1 cm³/mol. The van der Waals surface area contributed by atoms with E-state index in [1.807, 2.05) is 18.2 Å². The molecule has 1 unspecified atom stereocenters. The molecule has 2 rings (SSSR count). The van der Waals surface area contributed by atoms with Crippen LogP contribution in [0.2, 0.25) is 0 Å². The molecule has 1 N–H and O–H groups in total. The van der Waals surface area contributed by atoms with E-state index in [-0.39, 0.29) is 5.82 Å². The first-order chi connectivity index (χ1) is 10.3. The second kappa shape index (κ2) is 8.58. The normalized spacial score (nSPS) is 12.3. The van der Waals surface area contributed by atoms with E-state index in [1.54, 1.807) is 12.1 Å². The number of rotatable bonds is 8. The Morgan fingerprint density at radius 2 is 1.71 bits per heavy atom. The maximum Gasteiger partial charge on any atom is 0.126 e. The molecule has 0 radical (unpaired) electrons. The molecular formula is C19H24FN. The van der Waals surface area contributed by atoms with Crippen LogP contribution in [-0.4, -0.2) is 13.1 Å². The van der Waals surface area contributed by atoms with Crippen molar-refractivity contribution in [1.29, 1.82) is 0 Å². The van der Waals surface area contributed by atoms with Gasteiger partial charge < -0.3 is 5.32 Å². The van der Waals surface area contributed by atoms with E-state index in [0.29, 0.717) is 5.92 Å². The highest BCUT2D eigenvalue weighted by Crippen LogP contribution is 2.22. The maximum absolute atomic E-state index is 13.7. The van der Waals surface area contributed by atoms with E-state index in [2.05, 4.69) is 36.5 Å². The first-order valence-corrected chi connectivity index (χ1v) is 7.80.